The number of ether oxygens (including phenoxy) is 2. The van der Waals surface area contributed by atoms with Crippen LogP contribution in [-0.2, 0) is 9.59 Å². The van der Waals surface area contributed by atoms with E-state index in [1.54, 1.807) is 41.9 Å². The summed E-state index contributed by atoms with van der Waals surface area (Å²) in [6, 6.07) is 12.6. The van der Waals surface area contributed by atoms with E-state index in [0.717, 1.165) is 10.6 Å². The van der Waals surface area contributed by atoms with Gasteiger partial charge in [0.25, 0.3) is 0 Å². The van der Waals surface area contributed by atoms with Crippen LogP contribution in [0.25, 0.3) is 0 Å². The predicted molar refractivity (Wildman–Crippen MR) is 104 cm³/mol. The molecule has 2 aromatic heterocycles. The lowest BCUT2D eigenvalue weighted by Crippen LogP contribution is -2.37. The molecule has 3 aromatic rings. The molecule has 0 bridgehead atoms. The van der Waals surface area contributed by atoms with Crippen LogP contribution in [0.1, 0.15) is 16.6 Å². The van der Waals surface area contributed by atoms with Crippen molar-refractivity contribution in [2.75, 3.05) is 25.1 Å². The quantitative estimate of drug-likeness (QED) is 0.645. The first kappa shape index (κ1) is 18.1. The van der Waals surface area contributed by atoms with Crippen molar-refractivity contribution in [3.8, 4) is 11.5 Å². The van der Waals surface area contributed by atoms with Crippen LogP contribution in [0.5, 0.6) is 11.5 Å². The average molecular weight is 398 g/mol. The van der Waals surface area contributed by atoms with Crippen molar-refractivity contribution in [1.29, 1.82) is 0 Å². The largest absolute Gasteiger partial charge is 0.486 e. The summed E-state index contributed by atoms with van der Waals surface area (Å²) in [6.45, 7) is 1.19. The zero-order valence-electron chi connectivity index (χ0n) is 14.8. The Morgan fingerprint density at radius 2 is 1.89 bits per heavy atom. The number of carbonyl (C=O) groups excluding carboxylic acids is 2. The Kier molecular flexibility index (Phi) is 5.29. The number of carbonyl (C=O) groups is 2. The molecule has 1 aromatic carbocycles. The molecule has 1 aliphatic rings. The summed E-state index contributed by atoms with van der Waals surface area (Å²) in [5.41, 5.74) is 0.463. The highest BCUT2D eigenvalue weighted by Gasteiger charge is 2.22. The molecule has 4 rings (SSSR count). The van der Waals surface area contributed by atoms with Gasteiger partial charge in [0, 0.05) is 23.2 Å². The van der Waals surface area contributed by atoms with Crippen molar-refractivity contribution in [3.05, 3.63) is 64.7 Å². The molecule has 1 atom stereocenters. The molecular weight excluding hydrogens is 380 g/mol. The lowest BCUT2D eigenvalue weighted by Gasteiger charge is -2.19. The number of thiophene rings is 1. The maximum atomic E-state index is 12.3. The van der Waals surface area contributed by atoms with Crippen molar-refractivity contribution in [3.63, 3.8) is 0 Å². The van der Waals surface area contributed by atoms with E-state index in [9.17, 15) is 9.59 Å². The number of anilines is 1. The van der Waals surface area contributed by atoms with Crippen LogP contribution >= 0.6 is 11.3 Å². The van der Waals surface area contributed by atoms with Gasteiger partial charge in [0.05, 0.1) is 12.2 Å². The number of benzene rings is 1. The molecule has 0 saturated heterocycles. The molecule has 7 nitrogen and oxygen atoms in total. The number of furan rings is 1. The molecule has 0 saturated carbocycles. The standard InChI is InChI=1S/C20H18N2O5S/c23-19(20(24)22-13-5-6-16-17(11-13)27-9-8-26-16)21-12-14(15-3-1-7-25-15)18-4-2-10-28-18/h1-7,10-11,14H,8-9,12H2,(H,21,23)(H,22,24). The second kappa shape index (κ2) is 8.18. The Morgan fingerprint density at radius 1 is 1.04 bits per heavy atom. The number of amides is 2. The van der Waals surface area contributed by atoms with Crippen LogP contribution in [0.3, 0.4) is 0 Å². The van der Waals surface area contributed by atoms with Gasteiger partial charge in [0.1, 0.15) is 19.0 Å². The Labute approximate surface area is 165 Å². The lowest BCUT2D eigenvalue weighted by atomic mass is 10.0. The Morgan fingerprint density at radius 3 is 2.64 bits per heavy atom. The lowest BCUT2D eigenvalue weighted by molar-refractivity contribution is -0.136. The van der Waals surface area contributed by atoms with Crippen LogP contribution in [0, 0.1) is 0 Å². The molecule has 2 N–H and O–H groups in total. The number of nitrogens with one attached hydrogen (secondary N) is 2. The average Bonchev–Trinajstić information content (AvgIpc) is 3.42. The van der Waals surface area contributed by atoms with E-state index in [1.807, 2.05) is 23.6 Å². The smallest absolute Gasteiger partial charge is 0.313 e. The zero-order chi connectivity index (χ0) is 19.3. The first-order valence-corrected chi connectivity index (χ1v) is 9.64. The Hall–Kier alpha value is -3.26. The van der Waals surface area contributed by atoms with Gasteiger partial charge in [-0.05, 0) is 35.7 Å². The summed E-state index contributed by atoms with van der Waals surface area (Å²) in [5.74, 6) is 0.270. The number of hydrogen-bond donors (Lipinski definition) is 2. The molecule has 144 valence electrons. The fourth-order valence-electron chi connectivity index (χ4n) is 2.90. The molecule has 2 amide bonds. The second-order valence-electron chi connectivity index (χ2n) is 6.11. The van der Waals surface area contributed by atoms with Crippen LogP contribution in [0.2, 0.25) is 0 Å². The van der Waals surface area contributed by atoms with Gasteiger partial charge in [-0.1, -0.05) is 6.07 Å². The van der Waals surface area contributed by atoms with Crippen molar-refractivity contribution in [2.24, 2.45) is 0 Å². The molecule has 1 unspecified atom stereocenters. The minimum atomic E-state index is -0.749. The number of hydrogen-bond acceptors (Lipinski definition) is 6. The van der Waals surface area contributed by atoms with E-state index in [1.165, 1.54) is 0 Å². The third-order valence-electron chi connectivity index (χ3n) is 4.25. The molecule has 1 aliphatic heterocycles. The van der Waals surface area contributed by atoms with Crippen LogP contribution in [0.4, 0.5) is 5.69 Å². The molecule has 8 heteroatoms. The predicted octanol–water partition coefficient (Wildman–Crippen LogP) is 3.00. The molecule has 0 radical (unpaired) electrons. The summed E-state index contributed by atoms with van der Waals surface area (Å²) in [4.78, 5) is 25.6. The summed E-state index contributed by atoms with van der Waals surface area (Å²) in [6.07, 6.45) is 1.59. The van der Waals surface area contributed by atoms with E-state index in [-0.39, 0.29) is 12.5 Å². The molecule has 0 aliphatic carbocycles. The highest BCUT2D eigenvalue weighted by atomic mass is 32.1. The number of fused-ring (bicyclic) bond motifs is 1. The van der Waals surface area contributed by atoms with Crippen LogP contribution < -0.4 is 20.1 Å². The van der Waals surface area contributed by atoms with Gasteiger partial charge >= 0.3 is 11.8 Å². The van der Waals surface area contributed by atoms with Gasteiger partial charge in [-0.2, -0.15) is 0 Å². The SMILES string of the molecule is O=C(NCC(c1ccco1)c1cccs1)C(=O)Nc1ccc2c(c1)OCCO2. The first-order chi connectivity index (χ1) is 13.7. The Balaban J connectivity index is 1.38. The number of rotatable bonds is 5. The minimum Gasteiger partial charge on any atom is -0.486 e. The third kappa shape index (κ3) is 4.01. The van der Waals surface area contributed by atoms with Crippen molar-refractivity contribution in [1.82, 2.24) is 5.32 Å². The van der Waals surface area contributed by atoms with E-state index >= 15 is 0 Å². The van der Waals surface area contributed by atoms with E-state index < -0.39 is 11.8 Å². The van der Waals surface area contributed by atoms with E-state index in [4.69, 9.17) is 13.9 Å². The van der Waals surface area contributed by atoms with Gasteiger partial charge < -0.3 is 24.5 Å². The summed E-state index contributed by atoms with van der Waals surface area (Å²) >= 11 is 1.57. The normalized spacial score (nSPS) is 13.6. The monoisotopic (exact) mass is 398 g/mol. The minimum absolute atomic E-state index is 0.152. The third-order valence-corrected chi connectivity index (χ3v) is 5.23. The summed E-state index contributed by atoms with van der Waals surface area (Å²) in [5, 5.41) is 7.22. The fraction of sp³-hybridized carbons (Fsp3) is 0.200. The molecule has 28 heavy (non-hydrogen) atoms. The molecule has 0 fully saturated rings. The van der Waals surface area contributed by atoms with Gasteiger partial charge in [0.2, 0.25) is 0 Å². The Bertz CT molecular complexity index is 919. The summed E-state index contributed by atoms with van der Waals surface area (Å²) < 4.78 is 16.4. The second-order valence-corrected chi connectivity index (χ2v) is 7.09. The first-order valence-electron chi connectivity index (χ1n) is 8.76. The zero-order valence-corrected chi connectivity index (χ0v) is 15.7. The molecule has 0 spiro atoms. The molecule has 3 heterocycles. The maximum Gasteiger partial charge on any atom is 0.313 e. The van der Waals surface area contributed by atoms with E-state index in [2.05, 4.69) is 10.6 Å². The van der Waals surface area contributed by atoms with Gasteiger partial charge in [0.15, 0.2) is 11.5 Å². The topological polar surface area (TPSA) is 89.8 Å². The van der Waals surface area contributed by atoms with Crippen LogP contribution in [-0.4, -0.2) is 31.6 Å². The highest BCUT2D eigenvalue weighted by Crippen LogP contribution is 2.32. The van der Waals surface area contributed by atoms with Crippen molar-refractivity contribution >= 4 is 28.8 Å². The van der Waals surface area contributed by atoms with Gasteiger partial charge in [-0.3, -0.25) is 9.59 Å². The van der Waals surface area contributed by atoms with Crippen molar-refractivity contribution < 1.29 is 23.5 Å². The fourth-order valence-corrected chi connectivity index (χ4v) is 3.74. The van der Waals surface area contributed by atoms with Gasteiger partial charge in [-0.15, -0.1) is 11.3 Å². The van der Waals surface area contributed by atoms with Crippen LogP contribution in [0.15, 0.2) is 58.5 Å². The highest BCUT2D eigenvalue weighted by molar-refractivity contribution is 7.10. The van der Waals surface area contributed by atoms with Crippen molar-refractivity contribution in [2.45, 2.75) is 5.92 Å². The van der Waals surface area contributed by atoms with E-state index in [0.29, 0.717) is 30.4 Å². The van der Waals surface area contributed by atoms with Gasteiger partial charge in [-0.25, -0.2) is 0 Å². The summed E-state index contributed by atoms with van der Waals surface area (Å²) in [7, 11) is 0. The molecular formula is C20H18N2O5S. The maximum absolute atomic E-state index is 12.3.